The van der Waals surface area contributed by atoms with Crippen LogP contribution in [0.3, 0.4) is 0 Å². The van der Waals surface area contributed by atoms with Crippen molar-refractivity contribution in [2.75, 3.05) is 0 Å². The van der Waals surface area contributed by atoms with E-state index in [0.29, 0.717) is 0 Å². The monoisotopic (exact) mass is 200 g/mol. The Balaban J connectivity index is 2.26. The molecule has 0 amide bonds. The molecule has 4 heteroatoms. The van der Waals surface area contributed by atoms with Gasteiger partial charge in [0.05, 0.1) is 11.8 Å². The summed E-state index contributed by atoms with van der Waals surface area (Å²) >= 11 is 0. The zero-order valence-corrected chi connectivity index (χ0v) is 9.08. The average Bonchev–Trinajstić information content (AvgIpc) is 2.02. The lowest BCUT2D eigenvalue weighted by atomic mass is 10.2. The van der Waals surface area contributed by atoms with Gasteiger partial charge in [0.25, 0.3) is 0 Å². The van der Waals surface area contributed by atoms with Crippen LogP contribution in [-0.2, 0) is 4.74 Å². The van der Waals surface area contributed by atoms with E-state index in [9.17, 15) is 5.11 Å². The van der Waals surface area contributed by atoms with Gasteiger partial charge in [-0.2, -0.15) is 0 Å². The molecule has 2 unspecified atom stereocenters. The number of aliphatic hydroxyl groups is 1. The van der Waals surface area contributed by atoms with E-state index in [1.165, 1.54) is 0 Å². The Hall–Kier alpha value is -0.580. The van der Waals surface area contributed by atoms with Crippen LogP contribution in [0.5, 0.6) is 0 Å². The number of rotatable bonds is 3. The van der Waals surface area contributed by atoms with E-state index in [0.717, 1.165) is 12.8 Å². The highest BCUT2D eigenvalue weighted by molar-refractivity contribution is 4.88. The second-order valence-electron chi connectivity index (χ2n) is 4.45. The maximum absolute atomic E-state index is 9.54. The molecular formula is C10H20N2O2. The second kappa shape index (κ2) is 4.77. The van der Waals surface area contributed by atoms with Crippen molar-refractivity contribution in [2.24, 2.45) is 0 Å². The molecule has 1 heterocycles. The molecule has 0 bridgehead atoms. The van der Waals surface area contributed by atoms with Crippen LogP contribution in [0, 0.1) is 0 Å². The van der Waals surface area contributed by atoms with Crippen LogP contribution in [-0.4, -0.2) is 23.3 Å². The SMILES string of the molecule is CC(C)(C)OC(O)NC1CCC=CN1. The number of hydrogen-bond acceptors (Lipinski definition) is 4. The predicted molar refractivity (Wildman–Crippen MR) is 55.3 cm³/mol. The van der Waals surface area contributed by atoms with Gasteiger partial charge in [-0.3, -0.25) is 0 Å². The standard InChI is InChI=1S/C10H20N2O2/c1-10(2,3)14-9(13)12-8-6-4-5-7-11-8/h5,7-9,11-13H,4,6H2,1-3H3. The van der Waals surface area contributed by atoms with Gasteiger partial charge in [-0.25, -0.2) is 5.32 Å². The summed E-state index contributed by atoms with van der Waals surface area (Å²) in [6.07, 6.45) is 5.12. The predicted octanol–water partition coefficient (Wildman–Crippen LogP) is 0.890. The van der Waals surface area contributed by atoms with Crippen LogP contribution >= 0.6 is 0 Å². The van der Waals surface area contributed by atoms with Crippen LogP contribution < -0.4 is 10.6 Å². The first-order chi connectivity index (χ1) is 6.47. The normalized spacial score (nSPS) is 24.4. The molecule has 0 aromatic rings. The quantitative estimate of drug-likeness (QED) is 0.592. The molecule has 0 aliphatic carbocycles. The van der Waals surface area contributed by atoms with Gasteiger partial charge in [0, 0.05) is 0 Å². The van der Waals surface area contributed by atoms with E-state index in [1.54, 1.807) is 0 Å². The van der Waals surface area contributed by atoms with Gasteiger partial charge in [-0.1, -0.05) is 6.08 Å². The first-order valence-corrected chi connectivity index (χ1v) is 5.00. The van der Waals surface area contributed by atoms with Crippen molar-refractivity contribution in [3.63, 3.8) is 0 Å². The van der Waals surface area contributed by atoms with Crippen LogP contribution in [0.4, 0.5) is 0 Å². The highest BCUT2D eigenvalue weighted by Gasteiger charge is 2.19. The summed E-state index contributed by atoms with van der Waals surface area (Å²) in [5, 5.41) is 15.6. The Morgan fingerprint density at radius 3 is 2.79 bits per heavy atom. The molecule has 1 aliphatic heterocycles. The number of nitrogens with one attached hydrogen (secondary N) is 2. The number of ether oxygens (including phenoxy) is 1. The molecule has 14 heavy (non-hydrogen) atoms. The molecule has 3 N–H and O–H groups in total. The van der Waals surface area contributed by atoms with Crippen molar-refractivity contribution in [1.29, 1.82) is 0 Å². The molecule has 0 spiro atoms. The fourth-order valence-electron chi connectivity index (χ4n) is 1.29. The highest BCUT2D eigenvalue weighted by atomic mass is 16.6. The van der Waals surface area contributed by atoms with Gasteiger partial charge in [-0.15, -0.1) is 0 Å². The molecule has 0 saturated carbocycles. The van der Waals surface area contributed by atoms with Crippen LogP contribution in [0.25, 0.3) is 0 Å². The minimum atomic E-state index is -0.918. The summed E-state index contributed by atoms with van der Waals surface area (Å²) in [4.78, 5) is 0. The first kappa shape index (κ1) is 11.5. The molecule has 0 radical (unpaired) electrons. The van der Waals surface area contributed by atoms with E-state index in [1.807, 2.05) is 27.0 Å². The molecule has 82 valence electrons. The molecule has 2 atom stereocenters. The van der Waals surface area contributed by atoms with Crippen molar-refractivity contribution in [2.45, 2.75) is 51.8 Å². The zero-order valence-electron chi connectivity index (χ0n) is 9.08. The number of allylic oxidation sites excluding steroid dienone is 1. The van der Waals surface area contributed by atoms with Crippen molar-refractivity contribution < 1.29 is 9.84 Å². The summed E-state index contributed by atoms with van der Waals surface area (Å²) < 4.78 is 5.32. The van der Waals surface area contributed by atoms with Gasteiger partial charge in [0.1, 0.15) is 0 Å². The summed E-state index contributed by atoms with van der Waals surface area (Å²) in [5.41, 5.74) is -0.336. The summed E-state index contributed by atoms with van der Waals surface area (Å²) in [6.45, 7) is 5.73. The van der Waals surface area contributed by atoms with E-state index < -0.39 is 6.41 Å². The lowest BCUT2D eigenvalue weighted by Gasteiger charge is -2.29. The molecule has 4 nitrogen and oxygen atoms in total. The Labute approximate surface area is 85.3 Å². The summed E-state index contributed by atoms with van der Waals surface area (Å²) in [5.74, 6) is 0. The van der Waals surface area contributed by atoms with E-state index >= 15 is 0 Å². The molecule has 1 rings (SSSR count). The Morgan fingerprint density at radius 2 is 2.29 bits per heavy atom. The van der Waals surface area contributed by atoms with Gasteiger partial charge >= 0.3 is 0 Å². The van der Waals surface area contributed by atoms with Gasteiger partial charge < -0.3 is 15.2 Å². The Bertz CT molecular complexity index is 199. The average molecular weight is 200 g/mol. The molecule has 0 aromatic carbocycles. The van der Waals surface area contributed by atoms with Gasteiger partial charge in [0.15, 0.2) is 0 Å². The Kier molecular flexibility index (Phi) is 3.92. The smallest absolute Gasteiger partial charge is 0.215 e. The topological polar surface area (TPSA) is 53.5 Å². The highest BCUT2D eigenvalue weighted by Crippen LogP contribution is 2.09. The largest absolute Gasteiger partial charge is 0.376 e. The molecule has 0 aromatic heterocycles. The van der Waals surface area contributed by atoms with Crippen LogP contribution in [0.1, 0.15) is 33.6 Å². The second-order valence-corrected chi connectivity index (χ2v) is 4.45. The molecule has 0 fully saturated rings. The Morgan fingerprint density at radius 1 is 1.57 bits per heavy atom. The molecule has 1 aliphatic rings. The fraction of sp³-hybridized carbons (Fsp3) is 0.800. The van der Waals surface area contributed by atoms with Gasteiger partial charge in [-0.05, 0) is 39.8 Å². The van der Waals surface area contributed by atoms with Crippen molar-refractivity contribution in [3.05, 3.63) is 12.3 Å². The third-order valence-corrected chi connectivity index (χ3v) is 1.85. The lowest BCUT2D eigenvalue weighted by molar-refractivity contribution is -0.186. The third-order valence-electron chi connectivity index (χ3n) is 1.85. The lowest BCUT2D eigenvalue weighted by Crippen LogP contribution is -2.49. The van der Waals surface area contributed by atoms with Crippen LogP contribution in [0.2, 0.25) is 0 Å². The molecule has 0 saturated heterocycles. The van der Waals surface area contributed by atoms with Gasteiger partial charge in [0.2, 0.25) is 6.41 Å². The number of aliphatic hydroxyl groups excluding tert-OH is 1. The van der Waals surface area contributed by atoms with Crippen molar-refractivity contribution in [3.8, 4) is 0 Å². The third kappa shape index (κ3) is 4.60. The maximum atomic E-state index is 9.54. The fourth-order valence-corrected chi connectivity index (χ4v) is 1.29. The molecular weight excluding hydrogens is 180 g/mol. The summed E-state index contributed by atoms with van der Waals surface area (Å²) in [7, 11) is 0. The number of hydrogen-bond donors (Lipinski definition) is 3. The zero-order chi connectivity index (χ0) is 10.6. The maximum Gasteiger partial charge on any atom is 0.215 e. The van der Waals surface area contributed by atoms with Crippen LogP contribution in [0.15, 0.2) is 12.3 Å². The van der Waals surface area contributed by atoms with E-state index in [4.69, 9.17) is 4.74 Å². The van der Waals surface area contributed by atoms with E-state index in [2.05, 4.69) is 16.7 Å². The minimum absolute atomic E-state index is 0.0948. The van der Waals surface area contributed by atoms with Crippen molar-refractivity contribution >= 4 is 0 Å². The van der Waals surface area contributed by atoms with Crippen molar-refractivity contribution in [1.82, 2.24) is 10.6 Å². The van der Waals surface area contributed by atoms with E-state index in [-0.39, 0.29) is 11.8 Å². The minimum Gasteiger partial charge on any atom is -0.376 e. The summed E-state index contributed by atoms with van der Waals surface area (Å²) in [6, 6.07) is 0. The first-order valence-electron chi connectivity index (χ1n) is 5.00.